The number of rotatable bonds is 6. The molecule has 0 saturated heterocycles. The van der Waals surface area contributed by atoms with Crippen LogP contribution in [0.15, 0.2) is 15.9 Å². The van der Waals surface area contributed by atoms with Crippen molar-refractivity contribution < 1.29 is 9.47 Å². The van der Waals surface area contributed by atoms with Crippen molar-refractivity contribution in [2.75, 3.05) is 13.2 Å². The molecule has 0 saturated carbocycles. The fraction of sp³-hybridized carbons (Fsp3) is 0.600. The van der Waals surface area contributed by atoms with E-state index < -0.39 is 0 Å². The summed E-state index contributed by atoms with van der Waals surface area (Å²) in [6.45, 7) is 6.10. The van der Waals surface area contributed by atoms with Crippen LogP contribution in [-0.2, 0) is 16.1 Å². The average Bonchev–Trinajstić information content (AvgIpc) is 2.58. The molecular weight excluding hydrogens is 264 g/mol. The van der Waals surface area contributed by atoms with Crippen LogP contribution in [0.3, 0.4) is 0 Å². The molecule has 1 rings (SSSR count). The van der Waals surface area contributed by atoms with Gasteiger partial charge in [0, 0.05) is 21.3 Å². The highest BCUT2D eigenvalue weighted by molar-refractivity contribution is 9.10. The van der Waals surface area contributed by atoms with Crippen molar-refractivity contribution in [2.45, 2.75) is 26.6 Å². The first kappa shape index (κ1) is 12.2. The largest absolute Gasteiger partial charge is 0.379 e. The summed E-state index contributed by atoms with van der Waals surface area (Å²) in [6.07, 6.45) is 0.163. The molecule has 0 aromatic carbocycles. The van der Waals surface area contributed by atoms with E-state index in [-0.39, 0.29) is 6.10 Å². The molecule has 4 heteroatoms. The van der Waals surface area contributed by atoms with Crippen molar-refractivity contribution in [1.29, 1.82) is 0 Å². The summed E-state index contributed by atoms with van der Waals surface area (Å²) in [6, 6.07) is 2.08. The SMILES string of the molecule is CCOCC(C)OCc1cc(Br)cs1. The Morgan fingerprint density at radius 1 is 1.57 bits per heavy atom. The monoisotopic (exact) mass is 278 g/mol. The summed E-state index contributed by atoms with van der Waals surface area (Å²) < 4.78 is 12.0. The summed E-state index contributed by atoms with van der Waals surface area (Å²) in [4.78, 5) is 1.24. The van der Waals surface area contributed by atoms with Crippen LogP contribution in [0, 0.1) is 0 Å². The van der Waals surface area contributed by atoms with E-state index in [9.17, 15) is 0 Å². The molecule has 0 bridgehead atoms. The number of hydrogen-bond acceptors (Lipinski definition) is 3. The van der Waals surface area contributed by atoms with Crippen LogP contribution in [0.1, 0.15) is 18.7 Å². The van der Waals surface area contributed by atoms with Crippen molar-refractivity contribution in [3.8, 4) is 0 Å². The fourth-order valence-electron chi connectivity index (χ4n) is 0.986. The molecule has 0 amide bonds. The number of hydrogen-bond donors (Lipinski definition) is 0. The lowest BCUT2D eigenvalue weighted by molar-refractivity contribution is -0.0107. The van der Waals surface area contributed by atoms with Gasteiger partial charge in [-0.2, -0.15) is 0 Å². The normalized spacial score (nSPS) is 13.1. The first-order chi connectivity index (χ1) is 6.72. The van der Waals surface area contributed by atoms with E-state index in [1.165, 1.54) is 4.88 Å². The zero-order valence-electron chi connectivity index (χ0n) is 8.46. The van der Waals surface area contributed by atoms with Gasteiger partial charge in [-0.3, -0.25) is 0 Å². The molecule has 1 unspecified atom stereocenters. The molecule has 1 aromatic heterocycles. The lowest BCUT2D eigenvalue weighted by Gasteiger charge is -2.11. The van der Waals surface area contributed by atoms with Crippen LogP contribution >= 0.6 is 27.3 Å². The van der Waals surface area contributed by atoms with E-state index in [1.54, 1.807) is 11.3 Å². The molecule has 0 radical (unpaired) electrons. The predicted octanol–water partition coefficient (Wildman–Crippen LogP) is 3.45. The van der Waals surface area contributed by atoms with Gasteiger partial charge >= 0.3 is 0 Å². The average molecular weight is 279 g/mol. The molecule has 1 atom stereocenters. The first-order valence-corrected chi connectivity index (χ1v) is 6.32. The summed E-state index contributed by atoms with van der Waals surface area (Å²) in [7, 11) is 0. The lowest BCUT2D eigenvalue weighted by atomic mass is 10.4. The second-order valence-electron chi connectivity index (χ2n) is 3.01. The van der Waals surface area contributed by atoms with E-state index in [0.29, 0.717) is 13.2 Å². The quantitative estimate of drug-likeness (QED) is 0.794. The van der Waals surface area contributed by atoms with Gasteiger partial charge in [-0.25, -0.2) is 0 Å². The zero-order valence-corrected chi connectivity index (χ0v) is 10.9. The molecule has 0 N–H and O–H groups in total. The Hall–Kier alpha value is 0.1000. The summed E-state index contributed by atoms with van der Waals surface area (Å²) in [5.74, 6) is 0. The van der Waals surface area contributed by atoms with Crippen LogP contribution in [0.25, 0.3) is 0 Å². The van der Waals surface area contributed by atoms with E-state index in [0.717, 1.165) is 11.1 Å². The number of thiophene rings is 1. The maximum atomic E-state index is 5.61. The second kappa shape index (κ2) is 6.56. The minimum Gasteiger partial charge on any atom is -0.379 e. The summed E-state index contributed by atoms with van der Waals surface area (Å²) in [5, 5.41) is 2.06. The molecule has 1 aromatic rings. The standard InChI is InChI=1S/C10H15BrO2S/c1-3-12-5-8(2)13-6-10-4-9(11)7-14-10/h4,7-8H,3,5-6H2,1-2H3. The third kappa shape index (κ3) is 4.55. The minimum absolute atomic E-state index is 0.163. The maximum Gasteiger partial charge on any atom is 0.0814 e. The Morgan fingerprint density at radius 3 is 2.93 bits per heavy atom. The second-order valence-corrected chi connectivity index (χ2v) is 4.92. The van der Waals surface area contributed by atoms with E-state index >= 15 is 0 Å². The van der Waals surface area contributed by atoms with Gasteiger partial charge in [0.05, 0.1) is 19.3 Å². The molecule has 80 valence electrons. The molecule has 0 spiro atoms. The molecule has 0 aliphatic carbocycles. The molecule has 2 nitrogen and oxygen atoms in total. The van der Waals surface area contributed by atoms with Crippen molar-refractivity contribution in [2.24, 2.45) is 0 Å². The van der Waals surface area contributed by atoms with Crippen molar-refractivity contribution in [1.82, 2.24) is 0 Å². The van der Waals surface area contributed by atoms with Gasteiger partial charge < -0.3 is 9.47 Å². The first-order valence-electron chi connectivity index (χ1n) is 4.64. The number of ether oxygens (including phenoxy) is 2. The minimum atomic E-state index is 0.163. The van der Waals surface area contributed by atoms with E-state index in [2.05, 4.69) is 27.4 Å². The third-order valence-electron chi connectivity index (χ3n) is 1.69. The predicted molar refractivity (Wildman–Crippen MR) is 62.8 cm³/mol. The Labute approximate surface area is 97.4 Å². The van der Waals surface area contributed by atoms with Gasteiger partial charge in [0.25, 0.3) is 0 Å². The van der Waals surface area contributed by atoms with Gasteiger partial charge in [0.15, 0.2) is 0 Å². The molecule has 0 fully saturated rings. The van der Waals surface area contributed by atoms with E-state index in [4.69, 9.17) is 9.47 Å². The van der Waals surface area contributed by atoms with Gasteiger partial charge in [-0.1, -0.05) is 0 Å². The Balaban J connectivity index is 2.20. The van der Waals surface area contributed by atoms with Gasteiger partial charge in [-0.15, -0.1) is 11.3 Å². The van der Waals surface area contributed by atoms with Crippen molar-refractivity contribution in [3.63, 3.8) is 0 Å². The molecule has 0 aliphatic heterocycles. The lowest BCUT2D eigenvalue weighted by Crippen LogP contribution is -2.15. The van der Waals surface area contributed by atoms with Crippen molar-refractivity contribution in [3.05, 3.63) is 20.8 Å². The van der Waals surface area contributed by atoms with Crippen molar-refractivity contribution >= 4 is 27.3 Å². The highest BCUT2D eigenvalue weighted by Gasteiger charge is 2.03. The Kier molecular flexibility index (Phi) is 5.70. The Bertz CT molecular complexity index is 262. The molecule has 0 aliphatic rings. The van der Waals surface area contributed by atoms with Gasteiger partial charge in [0.2, 0.25) is 0 Å². The van der Waals surface area contributed by atoms with Crippen LogP contribution in [0.5, 0.6) is 0 Å². The fourth-order valence-corrected chi connectivity index (χ4v) is 2.36. The highest BCUT2D eigenvalue weighted by atomic mass is 79.9. The smallest absolute Gasteiger partial charge is 0.0814 e. The maximum absolute atomic E-state index is 5.61. The van der Waals surface area contributed by atoms with Crippen LogP contribution < -0.4 is 0 Å². The molecule has 14 heavy (non-hydrogen) atoms. The number of halogens is 1. The zero-order chi connectivity index (χ0) is 10.4. The van der Waals surface area contributed by atoms with Crippen LogP contribution in [-0.4, -0.2) is 19.3 Å². The molecular formula is C10H15BrO2S. The van der Waals surface area contributed by atoms with E-state index in [1.807, 2.05) is 13.8 Å². The molecule has 1 heterocycles. The third-order valence-corrected chi connectivity index (χ3v) is 3.36. The Morgan fingerprint density at radius 2 is 2.36 bits per heavy atom. The highest BCUT2D eigenvalue weighted by Crippen LogP contribution is 2.20. The van der Waals surface area contributed by atoms with Crippen LogP contribution in [0.4, 0.5) is 0 Å². The summed E-state index contributed by atoms with van der Waals surface area (Å²) in [5.41, 5.74) is 0. The summed E-state index contributed by atoms with van der Waals surface area (Å²) >= 11 is 5.11. The van der Waals surface area contributed by atoms with Crippen LogP contribution in [0.2, 0.25) is 0 Å². The topological polar surface area (TPSA) is 18.5 Å². The van der Waals surface area contributed by atoms with Gasteiger partial charge in [-0.05, 0) is 35.8 Å². The van der Waals surface area contributed by atoms with Gasteiger partial charge in [0.1, 0.15) is 0 Å².